The first kappa shape index (κ1) is 23.0. The maximum atomic E-state index is 13.1. The zero-order valence-electron chi connectivity index (χ0n) is 20.9. The second-order valence-corrected chi connectivity index (χ2v) is 10.0. The number of nitriles is 1. The monoisotopic (exact) mass is 516 g/mol. The Labute approximate surface area is 223 Å². The van der Waals surface area contributed by atoms with E-state index in [0.717, 1.165) is 35.2 Å². The summed E-state index contributed by atoms with van der Waals surface area (Å²) in [5.74, 6) is 0.281. The minimum Gasteiger partial charge on any atom is -0.382 e. The number of aromatic nitrogens is 7. The molecule has 0 aliphatic carbocycles. The molecule has 7 rings (SSSR count). The molecule has 1 amide bonds. The molecule has 0 spiro atoms. The lowest BCUT2D eigenvalue weighted by atomic mass is 9.86. The van der Waals surface area contributed by atoms with Crippen molar-refractivity contribution in [3.05, 3.63) is 78.3 Å². The minimum absolute atomic E-state index is 0.0121. The molecule has 5 aromatic rings. The van der Waals surface area contributed by atoms with Crippen molar-refractivity contribution in [3.63, 3.8) is 0 Å². The fourth-order valence-corrected chi connectivity index (χ4v) is 6.14. The number of hydrogen-bond acceptors (Lipinski definition) is 8. The molecule has 2 aliphatic heterocycles. The molecule has 2 aliphatic rings. The summed E-state index contributed by atoms with van der Waals surface area (Å²) >= 11 is 0. The van der Waals surface area contributed by atoms with E-state index < -0.39 is 0 Å². The molecule has 6 heterocycles. The highest BCUT2D eigenvalue weighted by molar-refractivity contribution is 5.91. The van der Waals surface area contributed by atoms with E-state index in [2.05, 4.69) is 31.3 Å². The Morgan fingerprint density at radius 1 is 1.03 bits per heavy atom. The van der Waals surface area contributed by atoms with Crippen LogP contribution in [0.25, 0.3) is 28.0 Å². The molecule has 2 fully saturated rings. The minimum atomic E-state index is -0.157. The third-order valence-electron chi connectivity index (χ3n) is 7.93. The average Bonchev–Trinajstić information content (AvgIpc) is 3.72. The molecule has 2 unspecified atom stereocenters. The summed E-state index contributed by atoms with van der Waals surface area (Å²) in [6.07, 6.45) is 8.12. The van der Waals surface area contributed by atoms with Crippen molar-refractivity contribution in [1.29, 1.82) is 5.26 Å². The van der Waals surface area contributed by atoms with Gasteiger partial charge in [-0.2, -0.15) is 14.9 Å². The molecule has 11 heteroatoms. The first-order valence-corrected chi connectivity index (χ1v) is 12.9. The number of piperidine rings is 1. The number of fused-ring (bicyclic) bond motifs is 3. The first-order chi connectivity index (χ1) is 19.1. The number of pyridine rings is 1. The van der Waals surface area contributed by atoms with Gasteiger partial charge in [-0.1, -0.05) is 36.4 Å². The molecule has 192 valence electrons. The number of nitrogens with two attached hydrogens (primary N) is 1. The standard InChI is InChI=1S/C28H24N10O/c29-12-21-24(18-10-19-7-8-20(11-18)37(19)28(39)26-32-15-33-36-26)35-27-22(14-34-38(27)25(21)30)17-6-9-23(31-13-17)16-4-2-1-3-5-16/h1-6,9,13-15,18-20H,7-8,10-11,30H2,(H,32,33,36). The van der Waals surface area contributed by atoms with Crippen molar-refractivity contribution < 1.29 is 4.79 Å². The van der Waals surface area contributed by atoms with E-state index in [1.54, 1.807) is 6.20 Å². The topological polar surface area (TPSA) is 155 Å². The van der Waals surface area contributed by atoms with Crippen LogP contribution in [-0.2, 0) is 0 Å². The van der Waals surface area contributed by atoms with E-state index in [4.69, 9.17) is 10.7 Å². The highest BCUT2D eigenvalue weighted by Crippen LogP contribution is 2.44. The fourth-order valence-electron chi connectivity index (χ4n) is 6.14. The molecule has 1 aromatic carbocycles. The SMILES string of the molecule is N#Cc1c(C2CC3CCC(C2)N3C(=O)c2nc[nH]n2)nc2c(-c3ccc(-c4ccccc4)nc3)cnn2c1N. The largest absolute Gasteiger partial charge is 0.382 e. The molecule has 39 heavy (non-hydrogen) atoms. The van der Waals surface area contributed by atoms with Gasteiger partial charge in [0.05, 0.1) is 17.6 Å². The summed E-state index contributed by atoms with van der Waals surface area (Å²) in [7, 11) is 0. The molecule has 3 N–H and O–H groups in total. The van der Waals surface area contributed by atoms with Crippen LogP contribution in [0.4, 0.5) is 5.82 Å². The van der Waals surface area contributed by atoms with Crippen LogP contribution in [-0.4, -0.2) is 57.7 Å². The van der Waals surface area contributed by atoms with Crippen molar-refractivity contribution in [2.24, 2.45) is 0 Å². The second-order valence-electron chi connectivity index (χ2n) is 10.0. The number of nitrogens with one attached hydrogen (secondary N) is 1. The van der Waals surface area contributed by atoms with E-state index in [-0.39, 0.29) is 35.6 Å². The summed E-state index contributed by atoms with van der Waals surface area (Å²) in [4.78, 5) is 28.7. The molecule has 0 radical (unpaired) electrons. The van der Waals surface area contributed by atoms with Gasteiger partial charge in [0.2, 0.25) is 5.82 Å². The number of rotatable bonds is 4. The predicted octanol–water partition coefficient (Wildman–Crippen LogP) is 3.58. The van der Waals surface area contributed by atoms with Crippen molar-refractivity contribution >= 4 is 17.4 Å². The Kier molecular flexibility index (Phi) is 5.33. The van der Waals surface area contributed by atoms with Crippen LogP contribution < -0.4 is 5.73 Å². The number of carbonyl (C=O) groups excluding carboxylic acids is 1. The Bertz CT molecular complexity index is 1710. The van der Waals surface area contributed by atoms with Crippen LogP contribution in [0.2, 0.25) is 0 Å². The van der Waals surface area contributed by atoms with Gasteiger partial charge in [-0.15, -0.1) is 5.10 Å². The smallest absolute Gasteiger partial charge is 0.294 e. The van der Waals surface area contributed by atoms with E-state index in [9.17, 15) is 10.1 Å². The van der Waals surface area contributed by atoms with Gasteiger partial charge < -0.3 is 10.6 Å². The maximum Gasteiger partial charge on any atom is 0.294 e. The quantitative estimate of drug-likeness (QED) is 0.367. The van der Waals surface area contributed by atoms with Crippen LogP contribution in [0.5, 0.6) is 0 Å². The fraction of sp³-hybridized carbons (Fsp3) is 0.250. The lowest BCUT2D eigenvalue weighted by Gasteiger charge is -2.38. The van der Waals surface area contributed by atoms with E-state index in [0.29, 0.717) is 29.7 Å². The van der Waals surface area contributed by atoms with Crippen LogP contribution in [0, 0.1) is 11.3 Å². The van der Waals surface area contributed by atoms with Gasteiger partial charge in [-0.05, 0) is 31.7 Å². The predicted molar refractivity (Wildman–Crippen MR) is 142 cm³/mol. The van der Waals surface area contributed by atoms with Crippen LogP contribution >= 0.6 is 0 Å². The highest BCUT2D eigenvalue weighted by atomic mass is 16.2. The average molecular weight is 517 g/mol. The summed E-state index contributed by atoms with van der Waals surface area (Å²) in [6.45, 7) is 0. The van der Waals surface area contributed by atoms with Crippen molar-refractivity contribution in [2.75, 3.05) is 5.73 Å². The molecular weight excluding hydrogens is 492 g/mol. The van der Waals surface area contributed by atoms with Gasteiger partial charge in [-0.3, -0.25) is 14.9 Å². The van der Waals surface area contributed by atoms with Gasteiger partial charge in [0, 0.05) is 40.9 Å². The number of carbonyl (C=O) groups is 1. The Morgan fingerprint density at radius 2 is 1.82 bits per heavy atom. The number of H-pyrrole nitrogens is 1. The zero-order valence-corrected chi connectivity index (χ0v) is 20.9. The molecule has 2 bridgehead atoms. The van der Waals surface area contributed by atoms with Crippen LogP contribution in [0.3, 0.4) is 0 Å². The number of anilines is 1. The van der Waals surface area contributed by atoms with Crippen molar-refractivity contribution in [3.8, 4) is 28.5 Å². The zero-order chi connectivity index (χ0) is 26.5. The molecule has 11 nitrogen and oxygen atoms in total. The lowest BCUT2D eigenvalue weighted by Crippen LogP contribution is -2.46. The number of amides is 1. The summed E-state index contributed by atoms with van der Waals surface area (Å²) < 4.78 is 1.53. The van der Waals surface area contributed by atoms with Gasteiger partial charge in [-0.25, -0.2) is 9.97 Å². The first-order valence-electron chi connectivity index (χ1n) is 12.9. The van der Waals surface area contributed by atoms with E-state index in [1.807, 2.05) is 53.6 Å². The highest BCUT2D eigenvalue weighted by Gasteiger charge is 2.45. The summed E-state index contributed by atoms with van der Waals surface area (Å²) in [5.41, 5.74) is 11.6. The lowest BCUT2D eigenvalue weighted by molar-refractivity contribution is 0.0557. The van der Waals surface area contributed by atoms with Gasteiger partial charge in [0.25, 0.3) is 5.91 Å². The third kappa shape index (κ3) is 3.72. The van der Waals surface area contributed by atoms with Crippen LogP contribution in [0.15, 0.2) is 61.2 Å². The normalized spacial score (nSPS) is 20.3. The van der Waals surface area contributed by atoms with Gasteiger partial charge in [0.1, 0.15) is 23.8 Å². The summed E-state index contributed by atoms with van der Waals surface area (Å²) in [6, 6.07) is 16.3. The molecular formula is C28H24N10O. The van der Waals surface area contributed by atoms with Crippen molar-refractivity contribution in [1.82, 2.24) is 39.7 Å². The van der Waals surface area contributed by atoms with Crippen LogP contribution in [0.1, 0.15) is 53.5 Å². The molecule has 2 saturated heterocycles. The number of hydrogen-bond donors (Lipinski definition) is 2. The Hall–Kier alpha value is -5.11. The number of benzene rings is 1. The second kappa shape index (κ2) is 9.02. The third-order valence-corrected chi connectivity index (χ3v) is 7.93. The maximum absolute atomic E-state index is 13.1. The summed E-state index contributed by atoms with van der Waals surface area (Å²) in [5, 5.41) is 21.1. The van der Waals surface area contributed by atoms with Gasteiger partial charge >= 0.3 is 0 Å². The number of nitrogens with zero attached hydrogens (tertiary/aromatic N) is 8. The molecule has 2 atom stereocenters. The van der Waals surface area contributed by atoms with E-state index >= 15 is 0 Å². The van der Waals surface area contributed by atoms with Gasteiger partial charge in [0.15, 0.2) is 5.65 Å². The number of aromatic amines is 1. The van der Waals surface area contributed by atoms with Crippen molar-refractivity contribution in [2.45, 2.75) is 43.7 Å². The Balaban J connectivity index is 1.24. The number of nitrogen functional groups attached to an aromatic ring is 1. The molecule has 0 saturated carbocycles. The molecule has 4 aromatic heterocycles. The Morgan fingerprint density at radius 3 is 2.49 bits per heavy atom. The van der Waals surface area contributed by atoms with E-state index in [1.165, 1.54) is 10.8 Å².